The molecule has 4 nitrogen and oxygen atoms in total. The Morgan fingerprint density at radius 3 is 1.63 bits per heavy atom. The van der Waals surface area contributed by atoms with Crippen LogP contribution in [0.3, 0.4) is 0 Å². The van der Waals surface area contributed by atoms with Crippen LogP contribution in [0, 0.1) is 0 Å². The van der Waals surface area contributed by atoms with Gasteiger partial charge in [-0.2, -0.15) is 0 Å². The SMILES string of the molecule is c1ccc(-c2cc(-c3cccc4ccccc34)nc(-c3ccccc3-n3c4ccccc4c4cc5c(cc43)c3ccccc3n5-c3ccccc3)n2)cc1. The standard InChI is InChI=1S/C50H32N4/c1-3-17-34(18-4-1)43-32-44(37-26-15-19-33-16-7-8-22-36(33)37)52-50(51-43)40-25-11-14-29-47(40)54-46-28-13-10-24-39(46)42-30-48-41(31-49(42)54)38-23-9-12-27-45(38)53(48)35-20-5-2-6-21-35/h1-32H. The van der Waals surface area contributed by atoms with Crippen LogP contribution in [0.5, 0.6) is 0 Å². The molecule has 11 rings (SSSR count). The highest BCUT2D eigenvalue weighted by molar-refractivity contribution is 6.19. The van der Waals surface area contributed by atoms with Gasteiger partial charge in [0.15, 0.2) is 5.82 Å². The Labute approximate surface area is 311 Å². The number of hydrogen-bond donors (Lipinski definition) is 0. The lowest BCUT2D eigenvalue weighted by Crippen LogP contribution is -2.01. The van der Waals surface area contributed by atoms with Crippen molar-refractivity contribution in [1.82, 2.24) is 19.1 Å². The van der Waals surface area contributed by atoms with E-state index in [2.05, 4.69) is 197 Å². The van der Waals surface area contributed by atoms with Gasteiger partial charge in [0.05, 0.1) is 39.1 Å². The molecule has 3 heterocycles. The second-order valence-electron chi connectivity index (χ2n) is 13.8. The van der Waals surface area contributed by atoms with Crippen LogP contribution in [-0.2, 0) is 0 Å². The van der Waals surface area contributed by atoms with Crippen molar-refractivity contribution in [3.8, 4) is 45.3 Å². The van der Waals surface area contributed by atoms with Crippen molar-refractivity contribution < 1.29 is 0 Å². The van der Waals surface area contributed by atoms with Crippen molar-refractivity contribution >= 4 is 54.4 Å². The summed E-state index contributed by atoms with van der Waals surface area (Å²) in [5.41, 5.74) is 11.7. The first kappa shape index (κ1) is 30.3. The van der Waals surface area contributed by atoms with Crippen molar-refractivity contribution in [3.05, 3.63) is 194 Å². The van der Waals surface area contributed by atoms with Crippen LogP contribution in [0.4, 0.5) is 0 Å². The smallest absolute Gasteiger partial charge is 0.162 e. The number of fused-ring (bicyclic) bond motifs is 7. The summed E-state index contributed by atoms with van der Waals surface area (Å²) >= 11 is 0. The molecule has 0 aliphatic carbocycles. The second-order valence-corrected chi connectivity index (χ2v) is 13.8. The molecule has 252 valence electrons. The predicted molar refractivity (Wildman–Crippen MR) is 225 cm³/mol. The van der Waals surface area contributed by atoms with Crippen molar-refractivity contribution in [2.45, 2.75) is 0 Å². The third-order valence-electron chi connectivity index (χ3n) is 10.7. The van der Waals surface area contributed by atoms with Crippen LogP contribution in [0.15, 0.2) is 194 Å². The maximum absolute atomic E-state index is 5.38. The number of para-hydroxylation sites is 4. The molecule has 0 aliphatic heterocycles. The van der Waals surface area contributed by atoms with E-state index in [4.69, 9.17) is 9.97 Å². The van der Waals surface area contributed by atoms with Gasteiger partial charge in [0, 0.05) is 43.9 Å². The van der Waals surface area contributed by atoms with Crippen LogP contribution in [0.2, 0.25) is 0 Å². The lowest BCUT2D eigenvalue weighted by Gasteiger charge is -2.15. The van der Waals surface area contributed by atoms with Gasteiger partial charge in [-0.05, 0) is 65.4 Å². The molecule has 0 fully saturated rings. The van der Waals surface area contributed by atoms with Crippen LogP contribution in [-0.4, -0.2) is 19.1 Å². The van der Waals surface area contributed by atoms with Gasteiger partial charge in [0.25, 0.3) is 0 Å². The van der Waals surface area contributed by atoms with Crippen LogP contribution >= 0.6 is 0 Å². The van der Waals surface area contributed by atoms with E-state index >= 15 is 0 Å². The molecule has 54 heavy (non-hydrogen) atoms. The number of aromatic nitrogens is 4. The molecular weight excluding hydrogens is 657 g/mol. The molecule has 0 aliphatic rings. The summed E-state index contributed by atoms with van der Waals surface area (Å²) in [5, 5.41) is 7.18. The Morgan fingerprint density at radius 2 is 0.870 bits per heavy atom. The van der Waals surface area contributed by atoms with E-state index in [1.54, 1.807) is 0 Å². The first-order chi connectivity index (χ1) is 26.8. The molecule has 8 aromatic carbocycles. The molecule has 0 spiro atoms. The second kappa shape index (κ2) is 12.1. The lowest BCUT2D eigenvalue weighted by molar-refractivity contribution is 1.14. The minimum Gasteiger partial charge on any atom is -0.309 e. The summed E-state index contributed by atoms with van der Waals surface area (Å²) in [6.07, 6.45) is 0. The number of benzene rings is 8. The number of hydrogen-bond acceptors (Lipinski definition) is 2. The average molecular weight is 689 g/mol. The zero-order chi connectivity index (χ0) is 35.6. The Kier molecular flexibility index (Phi) is 6.82. The van der Waals surface area contributed by atoms with Gasteiger partial charge in [-0.25, -0.2) is 9.97 Å². The van der Waals surface area contributed by atoms with E-state index in [1.165, 1.54) is 38.0 Å². The first-order valence-electron chi connectivity index (χ1n) is 18.3. The Hall–Kier alpha value is -7.30. The van der Waals surface area contributed by atoms with Gasteiger partial charge in [0.1, 0.15) is 0 Å². The summed E-state index contributed by atoms with van der Waals surface area (Å²) in [6.45, 7) is 0. The number of nitrogens with zero attached hydrogens (tertiary/aromatic N) is 4. The summed E-state index contributed by atoms with van der Waals surface area (Å²) in [7, 11) is 0. The Morgan fingerprint density at radius 1 is 0.333 bits per heavy atom. The third-order valence-corrected chi connectivity index (χ3v) is 10.7. The van der Waals surface area contributed by atoms with E-state index in [0.29, 0.717) is 5.82 Å². The van der Waals surface area contributed by atoms with Gasteiger partial charge < -0.3 is 9.13 Å². The van der Waals surface area contributed by atoms with Crippen molar-refractivity contribution in [2.24, 2.45) is 0 Å². The minimum absolute atomic E-state index is 0.683. The topological polar surface area (TPSA) is 35.6 Å². The lowest BCUT2D eigenvalue weighted by atomic mass is 10.0. The zero-order valence-electron chi connectivity index (χ0n) is 29.3. The predicted octanol–water partition coefficient (Wildman–Crippen LogP) is 12.8. The Balaban J connectivity index is 1.20. The van der Waals surface area contributed by atoms with E-state index in [9.17, 15) is 0 Å². The molecule has 0 radical (unpaired) electrons. The maximum atomic E-state index is 5.38. The van der Waals surface area contributed by atoms with Gasteiger partial charge in [-0.1, -0.05) is 140 Å². The maximum Gasteiger partial charge on any atom is 0.162 e. The molecular formula is C50H32N4. The Bertz CT molecular complexity index is 3200. The van der Waals surface area contributed by atoms with Gasteiger partial charge in [0.2, 0.25) is 0 Å². The fraction of sp³-hybridized carbons (Fsp3) is 0. The molecule has 0 amide bonds. The molecule has 4 heteroatoms. The molecule has 11 aromatic rings. The molecule has 0 unspecified atom stereocenters. The van der Waals surface area contributed by atoms with E-state index in [-0.39, 0.29) is 0 Å². The fourth-order valence-corrected chi connectivity index (χ4v) is 8.31. The molecule has 0 saturated carbocycles. The molecule has 0 atom stereocenters. The highest BCUT2D eigenvalue weighted by atomic mass is 15.0. The molecule has 0 saturated heterocycles. The van der Waals surface area contributed by atoms with Crippen LogP contribution < -0.4 is 0 Å². The van der Waals surface area contributed by atoms with E-state index in [1.807, 2.05) is 6.07 Å². The van der Waals surface area contributed by atoms with Crippen molar-refractivity contribution in [3.63, 3.8) is 0 Å². The minimum atomic E-state index is 0.683. The third kappa shape index (κ3) is 4.70. The molecule has 0 N–H and O–H groups in total. The first-order valence-corrected chi connectivity index (χ1v) is 18.3. The van der Waals surface area contributed by atoms with Crippen molar-refractivity contribution in [2.75, 3.05) is 0 Å². The fourth-order valence-electron chi connectivity index (χ4n) is 8.31. The monoisotopic (exact) mass is 688 g/mol. The highest BCUT2D eigenvalue weighted by Gasteiger charge is 2.21. The van der Waals surface area contributed by atoms with E-state index < -0.39 is 0 Å². The van der Waals surface area contributed by atoms with Crippen LogP contribution in [0.1, 0.15) is 0 Å². The van der Waals surface area contributed by atoms with Gasteiger partial charge in [-0.3, -0.25) is 0 Å². The van der Waals surface area contributed by atoms with E-state index in [0.717, 1.165) is 55.9 Å². The summed E-state index contributed by atoms with van der Waals surface area (Å²) in [5.74, 6) is 0.683. The molecule has 0 bridgehead atoms. The summed E-state index contributed by atoms with van der Waals surface area (Å²) < 4.78 is 4.80. The normalized spacial score (nSPS) is 11.7. The number of rotatable bonds is 5. The summed E-state index contributed by atoms with van der Waals surface area (Å²) in [4.78, 5) is 10.7. The van der Waals surface area contributed by atoms with Gasteiger partial charge >= 0.3 is 0 Å². The van der Waals surface area contributed by atoms with Crippen LogP contribution in [0.25, 0.3) is 99.7 Å². The quantitative estimate of drug-likeness (QED) is 0.180. The largest absolute Gasteiger partial charge is 0.309 e. The van der Waals surface area contributed by atoms with Crippen molar-refractivity contribution in [1.29, 1.82) is 0 Å². The molecule has 3 aromatic heterocycles. The summed E-state index contributed by atoms with van der Waals surface area (Å²) in [6, 6.07) is 68.9. The highest BCUT2D eigenvalue weighted by Crippen LogP contribution is 2.41. The zero-order valence-corrected chi connectivity index (χ0v) is 29.3. The van der Waals surface area contributed by atoms with Gasteiger partial charge in [-0.15, -0.1) is 0 Å². The average Bonchev–Trinajstić information content (AvgIpc) is 3.75.